The van der Waals surface area contributed by atoms with Crippen LogP contribution in [-0.4, -0.2) is 19.6 Å². The van der Waals surface area contributed by atoms with Crippen molar-refractivity contribution in [2.24, 2.45) is 5.92 Å². The number of hydrogen-bond donors (Lipinski definition) is 1. The third-order valence-electron chi connectivity index (χ3n) is 3.98. The minimum Gasteiger partial charge on any atom is -0.466 e. The van der Waals surface area contributed by atoms with Crippen LogP contribution in [0.15, 0.2) is 42.0 Å². The van der Waals surface area contributed by atoms with Crippen LogP contribution in [0.25, 0.3) is 0 Å². The average molecular weight is 303 g/mol. The van der Waals surface area contributed by atoms with E-state index in [2.05, 4.69) is 11.6 Å². The molecule has 0 radical (unpaired) electrons. The lowest BCUT2D eigenvalue weighted by Gasteiger charge is -2.19. The Bertz CT molecular complexity index is 478. The number of hydroxylamine groups is 1. The molecule has 4 heteroatoms. The smallest absolute Gasteiger partial charge is 0.334 e. The molecular weight excluding hydrogens is 278 g/mol. The molecule has 1 aliphatic rings. The maximum absolute atomic E-state index is 11.9. The molecule has 2 rings (SSSR count). The summed E-state index contributed by atoms with van der Waals surface area (Å²) < 4.78 is 4.87. The van der Waals surface area contributed by atoms with E-state index < -0.39 is 0 Å². The van der Waals surface area contributed by atoms with Gasteiger partial charge in [-0.2, -0.15) is 5.48 Å². The fourth-order valence-corrected chi connectivity index (χ4v) is 2.75. The normalized spacial score (nSPS) is 16.5. The first-order chi connectivity index (χ1) is 10.8. The summed E-state index contributed by atoms with van der Waals surface area (Å²) in [6, 6.07) is 9.92. The topological polar surface area (TPSA) is 47.6 Å². The molecule has 1 aliphatic carbocycles. The van der Waals surface area contributed by atoms with Gasteiger partial charge in [-0.3, -0.25) is 4.84 Å². The minimum absolute atomic E-state index is 0.276. The number of nitrogens with one attached hydrogen (secondary N) is 1. The Kier molecular flexibility index (Phi) is 7.13. The first-order valence-electron chi connectivity index (χ1n) is 7.97. The van der Waals surface area contributed by atoms with Crippen LogP contribution >= 0.6 is 0 Å². The Morgan fingerprint density at radius 3 is 2.64 bits per heavy atom. The number of carbonyl (C=O) groups excluding carboxylic acids is 1. The van der Waals surface area contributed by atoms with Gasteiger partial charge in [0.15, 0.2) is 0 Å². The van der Waals surface area contributed by atoms with Crippen LogP contribution in [0.5, 0.6) is 0 Å². The van der Waals surface area contributed by atoms with Crippen molar-refractivity contribution in [2.75, 3.05) is 13.7 Å². The summed E-state index contributed by atoms with van der Waals surface area (Å²) in [7, 11) is 1.42. The maximum Gasteiger partial charge on any atom is 0.334 e. The van der Waals surface area contributed by atoms with Crippen LogP contribution in [0, 0.1) is 5.92 Å². The monoisotopic (exact) mass is 303 g/mol. The number of ether oxygens (including phenoxy) is 1. The first-order valence-corrected chi connectivity index (χ1v) is 7.97. The van der Waals surface area contributed by atoms with E-state index in [0.29, 0.717) is 24.6 Å². The van der Waals surface area contributed by atoms with Crippen molar-refractivity contribution in [2.45, 2.75) is 38.7 Å². The molecule has 0 atom stereocenters. The van der Waals surface area contributed by atoms with Crippen molar-refractivity contribution in [3.05, 3.63) is 47.5 Å². The van der Waals surface area contributed by atoms with E-state index in [-0.39, 0.29) is 5.97 Å². The van der Waals surface area contributed by atoms with Crippen LogP contribution in [0.4, 0.5) is 0 Å². The molecule has 0 spiro atoms. The number of methoxy groups -OCH3 is 1. The van der Waals surface area contributed by atoms with Gasteiger partial charge in [0, 0.05) is 5.57 Å². The van der Waals surface area contributed by atoms with Crippen LogP contribution in [0.2, 0.25) is 0 Å². The molecule has 0 heterocycles. The number of rotatable bonds is 7. The molecule has 4 nitrogen and oxygen atoms in total. The Balaban J connectivity index is 1.81. The van der Waals surface area contributed by atoms with E-state index in [1.807, 2.05) is 30.3 Å². The van der Waals surface area contributed by atoms with Crippen LogP contribution < -0.4 is 5.48 Å². The number of esters is 1. The molecule has 1 aromatic carbocycles. The average Bonchev–Trinajstić information content (AvgIpc) is 2.58. The Morgan fingerprint density at radius 1 is 1.23 bits per heavy atom. The zero-order valence-electron chi connectivity index (χ0n) is 13.2. The van der Waals surface area contributed by atoms with Gasteiger partial charge < -0.3 is 4.74 Å². The van der Waals surface area contributed by atoms with Crippen molar-refractivity contribution < 1.29 is 14.4 Å². The third-order valence-corrected chi connectivity index (χ3v) is 3.98. The lowest BCUT2D eigenvalue weighted by atomic mass is 9.88. The first kappa shape index (κ1) is 16.7. The van der Waals surface area contributed by atoms with E-state index in [0.717, 1.165) is 18.4 Å². The molecule has 0 saturated heterocycles. The Morgan fingerprint density at radius 2 is 1.95 bits per heavy atom. The van der Waals surface area contributed by atoms with Crippen LogP contribution in [-0.2, 0) is 21.0 Å². The predicted octanol–water partition coefficient (Wildman–Crippen LogP) is 3.39. The summed E-state index contributed by atoms with van der Waals surface area (Å²) in [6.07, 6.45) is 8.16. The second kappa shape index (κ2) is 9.38. The summed E-state index contributed by atoms with van der Waals surface area (Å²) in [4.78, 5) is 17.3. The standard InChI is InChI=1S/C18H25NO3/c1-21-18(20)17(12-15-8-4-2-5-9-15)13-19-22-14-16-10-6-3-7-11-16/h3,6-7,10-12,15,19H,2,4-5,8-9,13-14H2,1H3/b17-12+. The van der Waals surface area contributed by atoms with Crippen molar-refractivity contribution in [3.8, 4) is 0 Å². The second-order valence-corrected chi connectivity index (χ2v) is 5.68. The quantitative estimate of drug-likeness (QED) is 0.363. The highest BCUT2D eigenvalue weighted by molar-refractivity contribution is 5.88. The van der Waals surface area contributed by atoms with Crippen LogP contribution in [0.1, 0.15) is 37.7 Å². The van der Waals surface area contributed by atoms with Crippen molar-refractivity contribution >= 4 is 5.97 Å². The van der Waals surface area contributed by atoms with Gasteiger partial charge in [-0.15, -0.1) is 0 Å². The minimum atomic E-state index is -0.276. The molecule has 1 fully saturated rings. The molecule has 1 aromatic rings. The third kappa shape index (κ3) is 5.62. The maximum atomic E-state index is 11.9. The number of benzene rings is 1. The summed E-state index contributed by atoms with van der Waals surface area (Å²) in [5.41, 5.74) is 4.61. The molecule has 0 amide bonds. The molecular formula is C18H25NO3. The highest BCUT2D eigenvalue weighted by Crippen LogP contribution is 2.25. The van der Waals surface area contributed by atoms with Gasteiger partial charge in [-0.05, 0) is 24.3 Å². The second-order valence-electron chi connectivity index (χ2n) is 5.68. The van der Waals surface area contributed by atoms with Crippen molar-refractivity contribution in [1.82, 2.24) is 5.48 Å². The molecule has 0 aromatic heterocycles. The molecule has 22 heavy (non-hydrogen) atoms. The SMILES string of the molecule is COC(=O)/C(=C/C1CCCCC1)CNOCc1ccccc1. The predicted molar refractivity (Wildman–Crippen MR) is 85.9 cm³/mol. The van der Waals surface area contributed by atoms with Gasteiger partial charge in [0.05, 0.1) is 20.3 Å². The molecule has 0 unspecified atom stereocenters. The van der Waals surface area contributed by atoms with Gasteiger partial charge in [0.2, 0.25) is 0 Å². The summed E-state index contributed by atoms with van der Waals surface area (Å²) in [6.45, 7) is 0.842. The van der Waals surface area contributed by atoms with Gasteiger partial charge in [-0.1, -0.05) is 55.7 Å². The molecule has 0 bridgehead atoms. The molecule has 0 aliphatic heterocycles. The van der Waals surface area contributed by atoms with E-state index in [4.69, 9.17) is 9.57 Å². The van der Waals surface area contributed by atoms with Gasteiger partial charge in [0.1, 0.15) is 0 Å². The fourth-order valence-electron chi connectivity index (χ4n) is 2.75. The van der Waals surface area contributed by atoms with Gasteiger partial charge in [0.25, 0.3) is 0 Å². The molecule has 120 valence electrons. The highest BCUT2D eigenvalue weighted by Gasteiger charge is 2.16. The van der Waals surface area contributed by atoms with Gasteiger partial charge in [-0.25, -0.2) is 4.79 Å². The largest absolute Gasteiger partial charge is 0.466 e. The lowest BCUT2D eigenvalue weighted by Crippen LogP contribution is -2.23. The zero-order chi connectivity index (χ0) is 15.6. The molecule has 1 saturated carbocycles. The van der Waals surface area contributed by atoms with E-state index >= 15 is 0 Å². The summed E-state index contributed by atoms with van der Waals surface area (Å²) >= 11 is 0. The summed E-state index contributed by atoms with van der Waals surface area (Å²) in [5.74, 6) is 0.208. The van der Waals surface area contributed by atoms with Gasteiger partial charge >= 0.3 is 5.97 Å². The number of allylic oxidation sites excluding steroid dienone is 1. The number of hydrogen-bond acceptors (Lipinski definition) is 4. The Hall–Kier alpha value is -1.65. The molecule has 1 N–H and O–H groups in total. The fraction of sp³-hybridized carbons (Fsp3) is 0.500. The van der Waals surface area contributed by atoms with Crippen LogP contribution in [0.3, 0.4) is 0 Å². The van der Waals surface area contributed by atoms with E-state index in [9.17, 15) is 4.79 Å². The number of carbonyl (C=O) groups is 1. The highest BCUT2D eigenvalue weighted by atomic mass is 16.6. The van der Waals surface area contributed by atoms with Crippen molar-refractivity contribution in [1.29, 1.82) is 0 Å². The summed E-state index contributed by atoms with van der Waals surface area (Å²) in [5, 5.41) is 0. The van der Waals surface area contributed by atoms with E-state index in [1.165, 1.54) is 26.4 Å². The lowest BCUT2D eigenvalue weighted by molar-refractivity contribution is -0.136. The van der Waals surface area contributed by atoms with Crippen molar-refractivity contribution in [3.63, 3.8) is 0 Å². The zero-order valence-corrected chi connectivity index (χ0v) is 13.2. The van der Waals surface area contributed by atoms with E-state index in [1.54, 1.807) is 0 Å². The Labute approximate surface area is 132 Å².